The quantitative estimate of drug-likeness (QED) is 0.230. The molecule has 12 heteroatoms. The van der Waals surface area contributed by atoms with Crippen molar-refractivity contribution in [2.75, 3.05) is 54.8 Å². The van der Waals surface area contributed by atoms with E-state index in [-0.39, 0.29) is 6.03 Å². The third-order valence-electron chi connectivity index (χ3n) is 4.27. The summed E-state index contributed by atoms with van der Waals surface area (Å²) in [5.41, 5.74) is 0. The fourth-order valence-corrected chi connectivity index (χ4v) is 10.9. The summed E-state index contributed by atoms with van der Waals surface area (Å²) < 4.78 is 38.7. The Hall–Kier alpha value is -0.576. The molecule has 0 aliphatic carbocycles. The van der Waals surface area contributed by atoms with E-state index in [1.54, 1.807) is 7.11 Å². The highest BCUT2D eigenvalue weighted by molar-refractivity contribution is 7.14. The van der Waals surface area contributed by atoms with Gasteiger partial charge in [-0.3, -0.25) is 0 Å². The average molecular weight is 457 g/mol. The minimum Gasteiger partial charge on any atom is -0.377 e. The normalized spacial score (nSPS) is 13.8. The van der Waals surface area contributed by atoms with Gasteiger partial charge in [0.15, 0.2) is 0 Å². The Morgan fingerprint density at radius 3 is 1.90 bits per heavy atom. The van der Waals surface area contributed by atoms with Gasteiger partial charge in [-0.05, 0) is 27.2 Å². The highest BCUT2D eigenvalue weighted by Gasteiger charge is 2.39. The lowest BCUT2D eigenvalue weighted by atomic mass is 10.3. The Kier molecular flexibility index (Phi) is 15.8. The predicted octanol–water partition coefficient (Wildman–Crippen LogP) is 0.764. The molecule has 0 aliphatic heterocycles. The zero-order valence-corrected chi connectivity index (χ0v) is 21.4. The van der Waals surface area contributed by atoms with Crippen LogP contribution in [0.3, 0.4) is 0 Å². The lowest BCUT2D eigenvalue weighted by molar-refractivity contribution is -0.353. The maximum Gasteiger partial charge on any atom is 0.462 e. The lowest BCUT2D eigenvalue weighted by Crippen LogP contribution is -2.52. The molecular weight excluding hydrogens is 416 g/mol. The van der Waals surface area contributed by atoms with Gasteiger partial charge >= 0.3 is 14.4 Å². The number of hydrogen-bond acceptors (Lipinski definition) is 8. The SMILES string of the molecule is CCO[Si](OCC)(OCC)[SiH2]CCC(NC(=O)NCCC(OC)(OC)OC)OC. The van der Waals surface area contributed by atoms with Gasteiger partial charge < -0.3 is 42.9 Å². The van der Waals surface area contributed by atoms with Gasteiger partial charge in [0.1, 0.15) is 15.3 Å². The second-order valence-corrected chi connectivity index (χ2v) is 13.6. The van der Waals surface area contributed by atoms with E-state index in [2.05, 4.69) is 10.6 Å². The number of amides is 2. The number of urea groups is 1. The van der Waals surface area contributed by atoms with E-state index in [4.69, 9.17) is 32.2 Å². The monoisotopic (exact) mass is 456 g/mol. The van der Waals surface area contributed by atoms with Crippen LogP contribution in [0.4, 0.5) is 4.79 Å². The molecular formula is C17H40N2O8Si2. The van der Waals surface area contributed by atoms with Gasteiger partial charge in [-0.25, -0.2) is 4.79 Å². The van der Waals surface area contributed by atoms with Crippen molar-refractivity contribution in [1.29, 1.82) is 0 Å². The molecule has 0 fully saturated rings. The van der Waals surface area contributed by atoms with Crippen LogP contribution in [0.1, 0.15) is 33.6 Å². The molecule has 0 spiro atoms. The van der Waals surface area contributed by atoms with E-state index in [1.807, 2.05) is 20.8 Å². The molecule has 10 nitrogen and oxygen atoms in total. The van der Waals surface area contributed by atoms with Gasteiger partial charge in [0.25, 0.3) is 5.97 Å². The fourth-order valence-electron chi connectivity index (χ4n) is 2.84. The molecule has 0 heterocycles. The molecule has 0 aromatic rings. The number of carbonyl (C=O) groups excluding carboxylic acids is 1. The van der Waals surface area contributed by atoms with Crippen LogP contribution in [0.5, 0.6) is 0 Å². The van der Waals surface area contributed by atoms with Crippen LogP contribution in [0.25, 0.3) is 0 Å². The van der Waals surface area contributed by atoms with Gasteiger partial charge in [-0.1, -0.05) is 6.04 Å². The maximum absolute atomic E-state index is 12.2. The van der Waals surface area contributed by atoms with Crippen molar-refractivity contribution < 1.29 is 37.0 Å². The second-order valence-electron chi connectivity index (χ2n) is 6.04. The molecule has 0 radical (unpaired) electrons. The number of carbonyl (C=O) groups is 1. The highest BCUT2D eigenvalue weighted by Crippen LogP contribution is 2.16. The van der Waals surface area contributed by atoms with E-state index < -0.39 is 29.6 Å². The van der Waals surface area contributed by atoms with Crippen molar-refractivity contribution >= 4 is 23.4 Å². The first-order valence-corrected chi connectivity index (χ1v) is 15.1. The summed E-state index contributed by atoms with van der Waals surface area (Å²) in [5.74, 6) is -1.18. The molecule has 2 N–H and O–H groups in total. The smallest absolute Gasteiger partial charge is 0.377 e. The van der Waals surface area contributed by atoms with Gasteiger partial charge in [0.2, 0.25) is 0 Å². The molecule has 0 aromatic heterocycles. The standard InChI is InChI=1S/C17H40N2O8Si2/c1-8-25-29(26-9-2,27-10-3)28-14-11-15(21-4)19-16(20)18-13-12-17(22-5,23-6)24-7/h15H,8-14,28H2,1-7H3,(H2,18,19,20). The minimum atomic E-state index is -2.56. The van der Waals surface area contributed by atoms with E-state index in [0.717, 1.165) is 6.04 Å². The van der Waals surface area contributed by atoms with E-state index in [9.17, 15) is 4.79 Å². The maximum atomic E-state index is 12.2. The molecule has 0 saturated heterocycles. The molecule has 29 heavy (non-hydrogen) atoms. The molecule has 2 amide bonds. The van der Waals surface area contributed by atoms with E-state index in [1.165, 1.54) is 21.3 Å². The Bertz CT molecular complexity index is 405. The second kappa shape index (κ2) is 16.2. The largest absolute Gasteiger partial charge is 0.462 e. The molecule has 0 saturated carbocycles. The molecule has 0 rings (SSSR count). The van der Waals surface area contributed by atoms with Crippen molar-refractivity contribution in [2.24, 2.45) is 0 Å². The summed E-state index contributed by atoms with van der Waals surface area (Å²) >= 11 is 0. The minimum absolute atomic E-state index is 0.307. The molecule has 1 atom stereocenters. The number of methoxy groups -OCH3 is 4. The van der Waals surface area contributed by atoms with Crippen LogP contribution < -0.4 is 10.6 Å². The lowest BCUT2D eigenvalue weighted by Gasteiger charge is -2.29. The first kappa shape index (κ1) is 28.4. The number of nitrogens with one attached hydrogen (secondary N) is 2. The zero-order chi connectivity index (χ0) is 22.2. The van der Waals surface area contributed by atoms with Crippen LogP contribution in [-0.2, 0) is 32.2 Å². The van der Waals surface area contributed by atoms with Crippen molar-refractivity contribution in [3.8, 4) is 0 Å². The Morgan fingerprint density at radius 1 is 0.966 bits per heavy atom. The first-order chi connectivity index (χ1) is 13.9. The molecule has 0 aliphatic rings. The highest BCUT2D eigenvalue weighted by atomic mass is 29.2. The summed E-state index contributed by atoms with van der Waals surface area (Å²) in [4.78, 5) is 12.2. The van der Waals surface area contributed by atoms with Gasteiger partial charge in [-0.2, -0.15) is 0 Å². The van der Waals surface area contributed by atoms with E-state index in [0.29, 0.717) is 39.2 Å². The van der Waals surface area contributed by atoms with Crippen LogP contribution in [0, 0.1) is 0 Å². The summed E-state index contributed by atoms with van der Waals surface area (Å²) in [7, 11) is 2.68. The number of rotatable bonds is 18. The number of hydrogen-bond donors (Lipinski definition) is 2. The topological polar surface area (TPSA) is 106 Å². The van der Waals surface area contributed by atoms with Crippen molar-refractivity contribution in [2.45, 2.75) is 51.9 Å². The summed E-state index contributed by atoms with van der Waals surface area (Å²) in [6.07, 6.45) is 0.590. The van der Waals surface area contributed by atoms with Crippen LogP contribution in [-0.4, -0.2) is 90.4 Å². The summed E-state index contributed by atoms with van der Waals surface area (Å²) in [6, 6.07) is 0.532. The molecule has 0 aromatic carbocycles. The van der Waals surface area contributed by atoms with Crippen molar-refractivity contribution in [1.82, 2.24) is 10.6 Å². The summed E-state index contributed by atoms with van der Waals surface area (Å²) in [5, 5.41) is 5.56. The average Bonchev–Trinajstić information content (AvgIpc) is 2.71. The van der Waals surface area contributed by atoms with Gasteiger partial charge in [0.05, 0.1) is 0 Å². The number of ether oxygens (including phenoxy) is 4. The molecule has 1 unspecified atom stereocenters. The molecule has 0 bridgehead atoms. The first-order valence-electron chi connectivity index (χ1n) is 10.0. The van der Waals surface area contributed by atoms with Crippen LogP contribution in [0.2, 0.25) is 6.04 Å². The summed E-state index contributed by atoms with van der Waals surface area (Å²) in [6.45, 7) is 7.86. The van der Waals surface area contributed by atoms with Crippen LogP contribution in [0.15, 0.2) is 0 Å². The van der Waals surface area contributed by atoms with Crippen molar-refractivity contribution in [3.05, 3.63) is 0 Å². The third kappa shape index (κ3) is 10.8. The third-order valence-corrected chi connectivity index (χ3v) is 12.6. The Labute approximate surface area is 178 Å². The Balaban J connectivity index is 4.48. The van der Waals surface area contributed by atoms with Crippen LogP contribution >= 0.6 is 0 Å². The van der Waals surface area contributed by atoms with Gasteiger partial charge in [0, 0.05) is 61.2 Å². The Morgan fingerprint density at radius 2 is 1.48 bits per heavy atom. The van der Waals surface area contributed by atoms with E-state index >= 15 is 0 Å². The van der Waals surface area contributed by atoms with Gasteiger partial charge in [-0.15, -0.1) is 0 Å². The van der Waals surface area contributed by atoms with Crippen molar-refractivity contribution in [3.63, 3.8) is 0 Å². The fraction of sp³-hybridized carbons (Fsp3) is 0.941. The zero-order valence-electron chi connectivity index (χ0n) is 19.0. The predicted molar refractivity (Wildman–Crippen MR) is 114 cm³/mol. The molecule has 174 valence electrons.